The maximum Gasteiger partial charge on any atom is 0.416 e. The van der Waals surface area contributed by atoms with E-state index in [4.69, 9.17) is 0 Å². The van der Waals surface area contributed by atoms with E-state index in [2.05, 4.69) is 5.32 Å². The number of benzene rings is 3. The monoisotopic (exact) mass is 396 g/mol. The molecule has 1 amide bonds. The molecule has 148 valence electrons. The number of hydrogen-bond acceptors (Lipinski definition) is 2. The van der Waals surface area contributed by atoms with E-state index >= 15 is 0 Å². The molecule has 3 aromatic rings. The number of fused-ring (bicyclic) bond motifs is 1. The molecule has 1 heterocycles. The number of hydrogen-bond donors (Lipinski definition) is 1. The number of carbonyl (C=O) groups is 1. The summed E-state index contributed by atoms with van der Waals surface area (Å²) in [6.07, 6.45) is -5.02. The number of alkyl halides is 3. The third-order valence-corrected chi connectivity index (χ3v) is 5.21. The maximum absolute atomic E-state index is 13.3. The Balaban J connectivity index is 1.83. The minimum atomic E-state index is -4.49. The number of nitrogens with zero attached hydrogens (tertiary/aromatic N) is 1. The van der Waals surface area contributed by atoms with Crippen molar-refractivity contribution in [1.29, 1.82) is 0 Å². The zero-order valence-electron chi connectivity index (χ0n) is 15.6. The topological polar surface area (TPSA) is 32.3 Å². The second-order valence-corrected chi connectivity index (χ2v) is 7.06. The molecule has 0 aromatic heterocycles. The molecule has 0 spiro atoms. The van der Waals surface area contributed by atoms with Crippen LogP contribution in [0.15, 0.2) is 78.9 Å². The summed E-state index contributed by atoms with van der Waals surface area (Å²) in [6, 6.07) is 21.5. The molecule has 3 aromatic carbocycles. The van der Waals surface area contributed by atoms with Crippen molar-refractivity contribution in [3.05, 3.63) is 95.6 Å². The van der Waals surface area contributed by atoms with Crippen LogP contribution in [0.5, 0.6) is 0 Å². The lowest BCUT2D eigenvalue weighted by Crippen LogP contribution is -2.51. The van der Waals surface area contributed by atoms with Gasteiger partial charge in [0, 0.05) is 17.3 Å². The number of anilines is 2. The molecule has 1 aliphatic heterocycles. The molecule has 0 unspecified atom stereocenters. The third kappa shape index (κ3) is 3.58. The van der Waals surface area contributed by atoms with Crippen LogP contribution < -0.4 is 10.2 Å². The molecule has 0 saturated heterocycles. The summed E-state index contributed by atoms with van der Waals surface area (Å²) >= 11 is 0. The Morgan fingerprint density at radius 3 is 2.34 bits per heavy atom. The molecule has 6 heteroatoms. The van der Waals surface area contributed by atoms with Gasteiger partial charge >= 0.3 is 6.18 Å². The lowest BCUT2D eigenvalue weighted by atomic mass is 9.93. The van der Waals surface area contributed by atoms with E-state index in [0.717, 1.165) is 17.7 Å². The number of halogens is 3. The standard InChI is InChI=1S/C23H19F3N2O/c1-15(16-8-3-2-4-9-16)21-27-20-13-6-5-12-19(20)22(29)28(21)18-11-7-10-17(14-18)23(24,25)26/h2-15,21,27H,1H3/t15-,21-/m1/s1. The molecule has 2 atom stereocenters. The minimum absolute atomic E-state index is 0.164. The maximum atomic E-state index is 13.3. The first-order valence-corrected chi connectivity index (χ1v) is 9.27. The third-order valence-electron chi connectivity index (χ3n) is 5.21. The molecular formula is C23H19F3N2O. The highest BCUT2D eigenvalue weighted by Crippen LogP contribution is 2.37. The molecule has 0 radical (unpaired) electrons. The van der Waals surface area contributed by atoms with Gasteiger partial charge in [-0.2, -0.15) is 13.2 Å². The van der Waals surface area contributed by atoms with Crippen LogP contribution >= 0.6 is 0 Å². The molecule has 0 fully saturated rings. The van der Waals surface area contributed by atoms with Crippen LogP contribution in [0.2, 0.25) is 0 Å². The lowest BCUT2D eigenvalue weighted by Gasteiger charge is -2.41. The Morgan fingerprint density at radius 2 is 1.62 bits per heavy atom. The quantitative estimate of drug-likeness (QED) is 0.597. The largest absolute Gasteiger partial charge is 0.416 e. The van der Waals surface area contributed by atoms with Gasteiger partial charge in [0.05, 0.1) is 11.1 Å². The molecule has 0 saturated carbocycles. The highest BCUT2D eigenvalue weighted by molar-refractivity contribution is 6.12. The van der Waals surface area contributed by atoms with Crippen LogP contribution in [-0.4, -0.2) is 12.1 Å². The Hall–Kier alpha value is -3.28. The van der Waals surface area contributed by atoms with Gasteiger partial charge in [0.25, 0.3) is 5.91 Å². The van der Waals surface area contributed by atoms with Crippen molar-refractivity contribution in [2.24, 2.45) is 0 Å². The number of carbonyl (C=O) groups excluding carboxylic acids is 1. The highest BCUT2D eigenvalue weighted by atomic mass is 19.4. The SMILES string of the molecule is C[C@H](c1ccccc1)[C@@H]1Nc2ccccc2C(=O)N1c1cccc(C(F)(F)F)c1. The van der Waals surface area contributed by atoms with E-state index in [1.807, 2.05) is 43.3 Å². The summed E-state index contributed by atoms with van der Waals surface area (Å²) in [4.78, 5) is 14.8. The van der Waals surface area contributed by atoms with Crippen LogP contribution in [0.3, 0.4) is 0 Å². The van der Waals surface area contributed by atoms with Crippen molar-refractivity contribution >= 4 is 17.3 Å². The lowest BCUT2D eigenvalue weighted by molar-refractivity contribution is -0.137. The van der Waals surface area contributed by atoms with E-state index in [0.29, 0.717) is 11.3 Å². The van der Waals surface area contributed by atoms with E-state index < -0.39 is 17.9 Å². The first kappa shape index (κ1) is 19.1. The van der Waals surface area contributed by atoms with E-state index in [-0.39, 0.29) is 17.5 Å². The van der Waals surface area contributed by atoms with Crippen molar-refractivity contribution in [3.63, 3.8) is 0 Å². The minimum Gasteiger partial charge on any atom is -0.364 e. The van der Waals surface area contributed by atoms with Crippen molar-refractivity contribution in [3.8, 4) is 0 Å². The van der Waals surface area contributed by atoms with E-state index in [1.165, 1.54) is 17.0 Å². The van der Waals surface area contributed by atoms with E-state index in [9.17, 15) is 18.0 Å². The Morgan fingerprint density at radius 1 is 0.931 bits per heavy atom. The Bertz CT molecular complexity index is 1030. The fourth-order valence-electron chi connectivity index (χ4n) is 3.67. The second-order valence-electron chi connectivity index (χ2n) is 7.06. The van der Waals surface area contributed by atoms with Crippen LogP contribution in [-0.2, 0) is 6.18 Å². The van der Waals surface area contributed by atoms with Gasteiger partial charge in [0.2, 0.25) is 0 Å². The predicted octanol–water partition coefficient (Wildman–Crippen LogP) is 5.91. The van der Waals surface area contributed by atoms with E-state index in [1.54, 1.807) is 18.2 Å². The van der Waals surface area contributed by atoms with Gasteiger partial charge in [-0.1, -0.05) is 55.5 Å². The smallest absolute Gasteiger partial charge is 0.364 e. The van der Waals surface area contributed by atoms with Crippen molar-refractivity contribution in [1.82, 2.24) is 0 Å². The summed E-state index contributed by atoms with van der Waals surface area (Å²) < 4.78 is 39.8. The first-order valence-electron chi connectivity index (χ1n) is 9.27. The molecular weight excluding hydrogens is 377 g/mol. The number of nitrogens with one attached hydrogen (secondary N) is 1. The first-order chi connectivity index (χ1) is 13.9. The van der Waals surface area contributed by atoms with Crippen LogP contribution in [0.1, 0.15) is 34.3 Å². The van der Waals surface area contributed by atoms with Gasteiger partial charge in [0.15, 0.2) is 0 Å². The molecule has 4 rings (SSSR count). The van der Waals surface area contributed by atoms with Crippen molar-refractivity contribution in [2.75, 3.05) is 10.2 Å². The Kier molecular flexibility index (Phi) is 4.78. The summed E-state index contributed by atoms with van der Waals surface area (Å²) in [5, 5.41) is 3.36. The van der Waals surface area contributed by atoms with Crippen LogP contribution in [0.4, 0.5) is 24.5 Å². The number of para-hydroxylation sites is 1. The highest BCUT2D eigenvalue weighted by Gasteiger charge is 2.38. The zero-order valence-corrected chi connectivity index (χ0v) is 15.6. The summed E-state index contributed by atoms with van der Waals surface area (Å²) in [5.74, 6) is -0.491. The molecule has 0 aliphatic carbocycles. The second kappa shape index (κ2) is 7.28. The summed E-state index contributed by atoms with van der Waals surface area (Å²) in [5.41, 5.74) is 1.51. The zero-order chi connectivity index (χ0) is 20.6. The fourth-order valence-corrected chi connectivity index (χ4v) is 3.67. The summed E-state index contributed by atoms with van der Waals surface area (Å²) in [6.45, 7) is 1.95. The van der Waals surface area contributed by atoms with Gasteiger partial charge in [-0.15, -0.1) is 0 Å². The normalized spacial score (nSPS) is 17.4. The van der Waals surface area contributed by atoms with Crippen molar-refractivity contribution in [2.45, 2.75) is 25.2 Å². The molecule has 0 bridgehead atoms. The van der Waals surface area contributed by atoms with Gasteiger partial charge in [-0.3, -0.25) is 9.69 Å². The number of rotatable bonds is 3. The Labute approximate surface area is 166 Å². The molecule has 1 aliphatic rings. The summed E-state index contributed by atoms with van der Waals surface area (Å²) in [7, 11) is 0. The van der Waals surface area contributed by atoms with Gasteiger partial charge in [0.1, 0.15) is 6.17 Å². The van der Waals surface area contributed by atoms with Gasteiger partial charge < -0.3 is 5.32 Å². The van der Waals surface area contributed by atoms with Gasteiger partial charge in [-0.05, 0) is 35.9 Å². The van der Waals surface area contributed by atoms with Gasteiger partial charge in [-0.25, -0.2) is 0 Å². The molecule has 1 N–H and O–H groups in total. The van der Waals surface area contributed by atoms with Crippen LogP contribution in [0.25, 0.3) is 0 Å². The average Bonchev–Trinajstić information content (AvgIpc) is 2.73. The molecule has 29 heavy (non-hydrogen) atoms. The van der Waals surface area contributed by atoms with Crippen molar-refractivity contribution < 1.29 is 18.0 Å². The predicted molar refractivity (Wildman–Crippen MR) is 107 cm³/mol. The molecule has 3 nitrogen and oxygen atoms in total. The number of amides is 1. The van der Waals surface area contributed by atoms with Crippen LogP contribution in [0, 0.1) is 0 Å². The fraction of sp³-hybridized carbons (Fsp3) is 0.174. The average molecular weight is 396 g/mol.